The van der Waals surface area contributed by atoms with Crippen molar-refractivity contribution in [1.82, 2.24) is 0 Å². The van der Waals surface area contributed by atoms with Crippen LogP contribution >= 0.6 is 0 Å². The van der Waals surface area contributed by atoms with Crippen LogP contribution in [0.15, 0.2) is 18.2 Å². The minimum atomic E-state index is -0.513. The van der Waals surface area contributed by atoms with Gasteiger partial charge in [-0.2, -0.15) is 0 Å². The normalized spacial score (nSPS) is 10.7. The molecule has 1 aromatic rings. The van der Waals surface area contributed by atoms with Crippen molar-refractivity contribution in [3.63, 3.8) is 0 Å². The highest BCUT2D eigenvalue weighted by molar-refractivity contribution is 6.00. The molecule has 5 nitrogen and oxygen atoms in total. The number of hydrogen-bond acceptors (Lipinski definition) is 4. The third kappa shape index (κ3) is 5.18. The summed E-state index contributed by atoms with van der Waals surface area (Å²) in [5, 5.41) is 3.18. The summed E-state index contributed by atoms with van der Waals surface area (Å²) < 4.78 is 5.48. The average molecular weight is 265 g/mol. The second-order valence-corrected chi connectivity index (χ2v) is 4.88. The topological polar surface area (TPSA) is 90.4 Å². The van der Waals surface area contributed by atoms with Crippen molar-refractivity contribution in [1.29, 1.82) is 0 Å². The van der Waals surface area contributed by atoms with Gasteiger partial charge in [0, 0.05) is 19.8 Å². The monoisotopic (exact) mass is 265 g/mol. The summed E-state index contributed by atoms with van der Waals surface area (Å²) >= 11 is 0. The highest BCUT2D eigenvalue weighted by Gasteiger charge is 2.08. The molecule has 0 aromatic heterocycles. The number of hydrogen-bond donors (Lipinski definition) is 3. The van der Waals surface area contributed by atoms with E-state index in [0.717, 1.165) is 25.3 Å². The second-order valence-electron chi connectivity index (χ2n) is 4.88. The van der Waals surface area contributed by atoms with E-state index in [1.54, 1.807) is 12.1 Å². The van der Waals surface area contributed by atoms with E-state index in [9.17, 15) is 4.79 Å². The fraction of sp³-hybridized carbons (Fsp3) is 0.500. The summed E-state index contributed by atoms with van der Waals surface area (Å²) in [5.74, 6) is 0.0391. The lowest BCUT2D eigenvalue weighted by Crippen LogP contribution is -2.15. The van der Waals surface area contributed by atoms with Gasteiger partial charge < -0.3 is 21.5 Å². The molecule has 0 spiro atoms. The third-order valence-corrected chi connectivity index (χ3v) is 2.60. The number of anilines is 2. The quantitative estimate of drug-likeness (QED) is 0.494. The van der Waals surface area contributed by atoms with Crippen LogP contribution in [0.4, 0.5) is 11.4 Å². The molecule has 106 valence electrons. The standard InChI is InChI=1S/C14H23N3O2/c1-10(2)9-19-8-4-7-17-12-6-3-5-11(13(12)15)14(16)18/h3,5-6,10,17H,4,7-9,15H2,1-2H3,(H2,16,18). The number of amides is 1. The van der Waals surface area contributed by atoms with Gasteiger partial charge >= 0.3 is 0 Å². The number of nitrogens with two attached hydrogens (primary N) is 2. The van der Waals surface area contributed by atoms with E-state index in [2.05, 4.69) is 19.2 Å². The number of ether oxygens (including phenoxy) is 1. The van der Waals surface area contributed by atoms with Gasteiger partial charge in [-0.15, -0.1) is 0 Å². The Bertz CT molecular complexity index is 419. The first kappa shape index (κ1) is 15.3. The van der Waals surface area contributed by atoms with Crippen LogP contribution in [0.5, 0.6) is 0 Å². The van der Waals surface area contributed by atoms with Crippen LogP contribution in [0.2, 0.25) is 0 Å². The van der Waals surface area contributed by atoms with Gasteiger partial charge in [0.1, 0.15) is 0 Å². The first-order chi connectivity index (χ1) is 9.02. The molecule has 0 atom stereocenters. The SMILES string of the molecule is CC(C)COCCCNc1cccc(C(N)=O)c1N. The van der Waals surface area contributed by atoms with Crippen molar-refractivity contribution in [3.8, 4) is 0 Å². The van der Waals surface area contributed by atoms with Crippen molar-refractivity contribution in [2.45, 2.75) is 20.3 Å². The Morgan fingerprint density at radius 3 is 2.79 bits per heavy atom. The Morgan fingerprint density at radius 2 is 2.16 bits per heavy atom. The lowest BCUT2D eigenvalue weighted by atomic mass is 10.1. The van der Waals surface area contributed by atoms with Gasteiger partial charge in [-0.25, -0.2) is 0 Å². The Kier molecular flexibility index (Phi) is 6.15. The molecule has 0 heterocycles. The van der Waals surface area contributed by atoms with Gasteiger partial charge in [0.15, 0.2) is 0 Å². The smallest absolute Gasteiger partial charge is 0.250 e. The van der Waals surface area contributed by atoms with Gasteiger partial charge in [0.2, 0.25) is 0 Å². The molecule has 5 N–H and O–H groups in total. The van der Waals surface area contributed by atoms with Gasteiger partial charge in [-0.1, -0.05) is 19.9 Å². The zero-order valence-corrected chi connectivity index (χ0v) is 11.6. The third-order valence-electron chi connectivity index (χ3n) is 2.60. The number of rotatable bonds is 8. The van der Waals surface area contributed by atoms with Crippen LogP contribution in [-0.2, 0) is 4.74 Å². The van der Waals surface area contributed by atoms with Gasteiger partial charge in [0.05, 0.1) is 16.9 Å². The van der Waals surface area contributed by atoms with E-state index in [1.165, 1.54) is 0 Å². The van der Waals surface area contributed by atoms with Gasteiger partial charge in [0.25, 0.3) is 5.91 Å². The Morgan fingerprint density at radius 1 is 1.42 bits per heavy atom. The van der Waals surface area contributed by atoms with E-state index in [0.29, 0.717) is 23.8 Å². The van der Waals surface area contributed by atoms with Gasteiger partial charge in [-0.3, -0.25) is 4.79 Å². The molecular formula is C14H23N3O2. The molecular weight excluding hydrogens is 242 g/mol. The fourth-order valence-corrected chi connectivity index (χ4v) is 1.65. The summed E-state index contributed by atoms with van der Waals surface area (Å²) in [6.07, 6.45) is 0.882. The molecule has 0 bridgehead atoms. The van der Waals surface area contributed by atoms with Gasteiger partial charge in [-0.05, 0) is 24.5 Å². The molecule has 0 saturated heterocycles. The Labute approximate surface area is 114 Å². The predicted octanol–water partition coefficient (Wildman–Crippen LogP) is 1.84. The molecule has 19 heavy (non-hydrogen) atoms. The van der Waals surface area contributed by atoms with Crippen LogP contribution < -0.4 is 16.8 Å². The van der Waals surface area contributed by atoms with Crippen molar-refractivity contribution in [3.05, 3.63) is 23.8 Å². The van der Waals surface area contributed by atoms with Crippen LogP contribution in [0.3, 0.4) is 0 Å². The average Bonchev–Trinajstić information content (AvgIpc) is 2.34. The molecule has 1 rings (SSSR count). The van der Waals surface area contributed by atoms with Crippen molar-refractivity contribution in [2.24, 2.45) is 11.7 Å². The molecule has 1 amide bonds. The maximum absolute atomic E-state index is 11.1. The summed E-state index contributed by atoms with van der Waals surface area (Å²) in [6.45, 7) is 6.47. The number of carbonyl (C=O) groups excluding carboxylic acids is 1. The zero-order valence-electron chi connectivity index (χ0n) is 11.6. The summed E-state index contributed by atoms with van der Waals surface area (Å²) in [6, 6.07) is 5.21. The van der Waals surface area contributed by atoms with Crippen LogP contribution in [-0.4, -0.2) is 25.7 Å². The minimum absolute atomic E-state index is 0.348. The van der Waals surface area contributed by atoms with E-state index in [1.807, 2.05) is 6.07 Å². The van der Waals surface area contributed by atoms with E-state index in [4.69, 9.17) is 16.2 Å². The maximum atomic E-state index is 11.1. The number of nitrogens with one attached hydrogen (secondary N) is 1. The lowest BCUT2D eigenvalue weighted by molar-refractivity contribution is 0.100. The highest BCUT2D eigenvalue weighted by Crippen LogP contribution is 2.22. The van der Waals surface area contributed by atoms with E-state index >= 15 is 0 Å². The number of nitrogen functional groups attached to an aromatic ring is 1. The number of para-hydroxylation sites is 1. The van der Waals surface area contributed by atoms with E-state index < -0.39 is 5.91 Å². The Balaban J connectivity index is 2.37. The molecule has 0 aliphatic rings. The Hall–Kier alpha value is -1.75. The molecule has 5 heteroatoms. The zero-order chi connectivity index (χ0) is 14.3. The van der Waals surface area contributed by atoms with Crippen LogP contribution in [0.1, 0.15) is 30.6 Å². The largest absolute Gasteiger partial charge is 0.396 e. The van der Waals surface area contributed by atoms with Crippen LogP contribution in [0, 0.1) is 5.92 Å². The number of primary amides is 1. The molecule has 0 saturated carbocycles. The first-order valence-corrected chi connectivity index (χ1v) is 6.52. The van der Waals surface area contributed by atoms with Crippen molar-refractivity contribution < 1.29 is 9.53 Å². The second kappa shape index (κ2) is 7.63. The predicted molar refractivity (Wildman–Crippen MR) is 78.1 cm³/mol. The molecule has 0 fully saturated rings. The first-order valence-electron chi connectivity index (χ1n) is 6.52. The van der Waals surface area contributed by atoms with Crippen molar-refractivity contribution >= 4 is 17.3 Å². The summed E-state index contributed by atoms with van der Waals surface area (Å²) in [5.41, 5.74) is 12.6. The molecule has 1 aromatic carbocycles. The lowest BCUT2D eigenvalue weighted by Gasteiger charge is -2.12. The molecule has 0 radical (unpaired) electrons. The van der Waals surface area contributed by atoms with E-state index in [-0.39, 0.29) is 0 Å². The summed E-state index contributed by atoms with van der Waals surface area (Å²) in [4.78, 5) is 11.1. The summed E-state index contributed by atoms with van der Waals surface area (Å²) in [7, 11) is 0. The fourth-order valence-electron chi connectivity index (χ4n) is 1.65. The molecule has 0 aliphatic carbocycles. The highest BCUT2D eigenvalue weighted by atomic mass is 16.5. The molecule has 0 unspecified atom stereocenters. The molecule has 0 aliphatic heterocycles. The van der Waals surface area contributed by atoms with Crippen molar-refractivity contribution in [2.75, 3.05) is 30.8 Å². The number of benzene rings is 1. The maximum Gasteiger partial charge on any atom is 0.250 e. The minimum Gasteiger partial charge on any atom is -0.396 e. The number of carbonyl (C=O) groups is 1. The van der Waals surface area contributed by atoms with Crippen LogP contribution in [0.25, 0.3) is 0 Å².